The van der Waals surface area contributed by atoms with Gasteiger partial charge in [-0.05, 0) is 73.5 Å². The number of aldehydes is 2. The summed E-state index contributed by atoms with van der Waals surface area (Å²) in [5, 5.41) is 9.26. The molecule has 0 aliphatic carbocycles. The summed E-state index contributed by atoms with van der Waals surface area (Å²) in [7, 11) is 4.65. The van der Waals surface area contributed by atoms with Crippen molar-refractivity contribution in [3.05, 3.63) is 96.8 Å². The summed E-state index contributed by atoms with van der Waals surface area (Å²) < 4.78 is 20.0. The molecule has 0 spiro atoms. The highest BCUT2D eigenvalue weighted by atomic mass is 16.5. The molecule has 8 nitrogen and oxygen atoms in total. The molecule has 2 rings (SSSR count). The third kappa shape index (κ3) is 15.9. The van der Waals surface area contributed by atoms with Gasteiger partial charge >= 0.3 is 0 Å². The number of rotatable bonds is 10. The number of benzene rings is 2. The second-order valence-electron chi connectivity index (χ2n) is 6.56. The van der Waals surface area contributed by atoms with Crippen molar-refractivity contribution < 1.29 is 38.4 Å². The Morgan fingerprint density at radius 1 is 0.763 bits per heavy atom. The molecule has 0 saturated heterocycles. The van der Waals surface area contributed by atoms with Crippen LogP contribution in [-0.4, -0.2) is 45.5 Å². The summed E-state index contributed by atoms with van der Waals surface area (Å²) in [6.45, 7) is 10.4. The zero-order valence-corrected chi connectivity index (χ0v) is 22.5. The summed E-state index contributed by atoms with van der Waals surface area (Å²) in [4.78, 5) is 29.4. The first-order valence-electron chi connectivity index (χ1n) is 11.1. The Labute approximate surface area is 224 Å². The van der Waals surface area contributed by atoms with Crippen LogP contribution in [0.1, 0.15) is 25.0 Å². The molecule has 0 amide bonds. The fraction of sp³-hybridized carbons (Fsp3) is 0.167. The molecule has 0 saturated carbocycles. The van der Waals surface area contributed by atoms with E-state index in [2.05, 4.69) is 13.2 Å². The molecular formula is C30H36O8. The maximum atomic E-state index is 10.2. The number of hydrogen-bond acceptors (Lipinski definition) is 8. The Balaban J connectivity index is 0. The SMILES string of the molecule is C/C=C(O)/C=C/c1ccc(OC=O)c(OC)c1.C=CC.C=CC=O.COc1ccc(/C=C/C=O)cc1OC. The second kappa shape index (κ2) is 23.9. The van der Waals surface area contributed by atoms with E-state index in [4.69, 9.17) is 23.7 Å². The molecule has 0 aliphatic heterocycles. The maximum absolute atomic E-state index is 10.2. The van der Waals surface area contributed by atoms with Crippen molar-refractivity contribution >= 4 is 31.2 Å². The van der Waals surface area contributed by atoms with Gasteiger partial charge in [0.1, 0.15) is 18.3 Å². The molecule has 0 aliphatic rings. The Morgan fingerprint density at radius 3 is 1.66 bits per heavy atom. The van der Waals surface area contributed by atoms with Gasteiger partial charge < -0.3 is 24.1 Å². The fourth-order valence-electron chi connectivity index (χ4n) is 2.32. The normalized spacial score (nSPS) is 9.76. The van der Waals surface area contributed by atoms with Gasteiger partial charge in [-0.15, -0.1) is 6.58 Å². The fourth-order valence-corrected chi connectivity index (χ4v) is 2.32. The van der Waals surface area contributed by atoms with Gasteiger partial charge in [0.2, 0.25) is 0 Å². The zero-order valence-electron chi connectivity index (χ0n) is 22.5. The molecule has 2 aromatic rings. The molecule has 0 bridgehead atoms. The minimum Gasteiger partial charge on any atom is -0.508 e. The lowest BCUT2D eigenvalue weighted by Gasteiger charge is -2.07. The lowest BCUT2D eigenvalue weighted by atomic mass is 10.2. The van der Waals surface area contributed by atoms with E-state index in [-0.39, 0.29) is 5.76 Å². The van der Waals surface area contributed by atoms with Crippen molar-refractivity contribution in [2.75, 3.05) is 21.3 Å². The lowest BCUT2D eigenvalue weighted by molar-refractivity contribution is -0.120. The molecule has 0 atom stereocenters. The molecule has 0 fully saturated rings. The number of methoxy groups -OCH3 is 3. The molecule has 0 aromatic heterocycles. The van der Waals surface area contributed by atoms with Crippen molar-refractivity contribution in [2.45, 2.75) is 13.8 Å². The number of allylic oxidation sites excluding steroid dienone is 5. The van der Waals surface area contributed by atoms with E-state index in [1.165, 1.54) is 19.3 Å². The van der Waals surface area contributed by atoms with E-state index in [1.807, 2.05) is 13.0 Å². The summed E-state index contributed by atoms with van der Waals surface area (Å²) >= 11 is 0. The van der Waals surface area contributed by atoms with E-state index in [9.17, 15) is 14.7 Å². The number of carbonyl (C=O) groups excluding carboxylic acids is 3. The smallest absolute Gasteiger partial charge is 0.298 e. The van der Waals surface area contributed by atoms with Crippen LogP contribution in [0, 0.1) is 0 Å². The number of hydrogen-bond donors (Lipinski definition) is 1. The monoisotopic (exact) mass is 524 g/mol. The quantitative estimate of drug-likeness (QED) is 0.129. The van der Waals surface area contributed by atoms with Crippen molar-refractivity contribution in [1.29, 1.82) is 0 Å². The third-order valence-corrected chi connectivity index (χ3v) is 3.98. The van der Waals surface area contributed by atoms with E-state index in [1.54, 1.807) is 81.9 Å². The van der Waals surface area contributed by atoms with Gasteiger partial charge in [0.05, 0.1) is 21.3 Å². The third-order valence-electron chi connectivity index (χ3n) is 3.98. The van der Waals surface area contributed by atoms with Gasteiger partial charge in [-0.3, -0.25) is 14.4 Å². The molecule has 0 radical (unpaired) electrons. The van der Waals surface area contributed by atoms with Crippen molar-refractivity contribution in [2.24, 2.45) is 0 Å². The average molecular weight is 525 g/mol. The maximum Gasteiger partial charge on any atom is 0.298 e. The lowest BCUT2D eigenvalue weighted by Crippen LogP contribution is -1.93. The number of ether oxygens (including phenoxy) is 4. The summed E-state index contributed by atoms with van der Waals surface area (Å²) in [6, 6.07) is 10.5. The van der Waals surface area contributed by atoms with Crippen LogP contribution in [-0.2, 0) is 14.4 Å². The molecule has 1 N–H and O–H groups in total. The molecule has 0 unspecified atom stereocenters. The summed E-state index contributed by atoms with van der Waals surface area (Å²) in [5.41, 5.74) is 1.73. The van der Waals surface area contributed by atoms with E-state index < -0.39 is 0 Å². The predicted molar refractivity (Wildman–Crippen MR) is 152 cm³/mol. The largest absolute Gasteiger partial charge is 0.508 e. The van der Waals surface area contributed by atoms with Gasteiger partial charge in [0.15, 0.2) is 23.0 Å². The molecule has 0 heterocycles. The van der Waals surface area contributed by atoms with Crippen LogP contribution in [0.25, 0.3) is 12.2 Å². The van der Waals surface area contributed by atoms with Crippen LogP contribution in [0.15, 0.2) is 85.7 Å². The van der Waals surface area contributed by atoms with Gasteiger partial charge in [0.25, 0.3) is 6.47 Å². The Hall–Kier alpha value is -4.85. The highest BCUT2D eigenvalue weighted by Gasteiger charge is 2.04. The van der Waals surface area contributed by atoms with Crippen LogP contribution in [0.4, 0.5) is 0 Å². The minimum atomic E-state index is 0.178. The topological polar surface area (TPSA) is 108 Å². The van der Waals surface area contributed by atoms with Crippen LogP contribution < -0.4 is 18.9 Å². The standard InChI is InChI=1S/C13H14O4.C11H12O3.C3H4O.C3H6/c1-3-11(15)6-4-10-5-7-12(17-9-14)13(8-10)16-2;1-13-10-6-5-9(4-3-7-12)8-11(10)14-2;1-2-3-4;1-3-2/h3-9,15H,1-2H3;3-8H,1-2H3;2-3H,1H2;3H,1H2,2H3/b6-4+,11-3-;4-3+;;. The first-order chi connectivity index (χ1) is 18.3. The number of aliphatic hydroxyl groups is 1. The summed E-state index contributed by atoms with van der Waals surface area (Å²) in [6.07, 6.45) is 12.3. The highest BCUT2D eigenvalue weighted by Crippen LogP contribution is 2.28. The van der Waals surface area contributed by atoms with Crippen LogP contribution in [0.5, 0.6) is 23.0 Å². The van der Waals surface area contributed by atoms with Gasteiger partial charge in [-0.1, -0.05) is 36.9 Å². The summed E-state index contributed by atoms with van der Waals surface area (Å²) in [5.74, 6) is 2.32. The predicted octanol–water partition coefficient (Wildman–Crippen LogP) is 6.18. The van der Waals surface area contributed by atoms with Gasteiger partial charge in [-0.25, -0.2) is 0 Å². The Kier molecular flexibility index (Phi) is 22.2. The highest BCUT2D eigenvalue weighted by molar-refractivity contribution is 5.74. The Morgan fingerprint density at radius 2 is 1.24 bits per heavy atom. The molecule has 8 heteroatoms. The van der Waals surface area contributed by atoms with Crippen LogP contribution in [0.3, 0.4) is 0 Å². The minimum absolute atomic E-state index is 0.178. The molecular weight excluding hydrogens is 488 g/mol. The van der Waals surface area contributed by atoms with E-state index in [0.29, 0.717) is 35.8 Å². The number of carbonyl (C=O) groups is 3. The van der Waals surface area contributed by atoms with E-state index >= 15 is 0 Å². The zero-order chi connectivity index (χ0) is 29.2. The van der Waals surface area contributed by atoms with Gasteiger partial charge in [-0.2, -0.15) is 0 Å². The first-order valence-corrected chi connectivity index (χ1v) is 11.1. The molecule has 38 heavy (non-hydrogen) atoms. The van der Waals surface area contributed by atoms with Gasteiger partial charge in [0, 0.05) is 0 Å². The van der Waals surface area contributed by atoms with Crippen molar-refractivity contribution in [3.8, 4) is 23.0 Å². The van der Waals surface area contributed by atoms with Crippen molar-refractivity contribution in [3.63, 3.8) is 0 Å². The Bertz CT molecular complexity index is 1080. The number of aliphatic hydroxyl groups excluding tert-OH is 1. The van der Waals surface area contributed by atoms with Crippen LogP contribution >= 0.6 is 0 Å². The second-order valence-corrected chi connectivity index (χ2v) is 6.56. The average Bonchev–Trinajstić information content (AvgIpc) is 2.96. The molecule has 204 valence electrons. The van der Waals surface area contributed by atoms with Crippen LogP contribution in [0.2, 0.25) is 0 Å². The van der Waals surface area contributed by atoms with E-state index in [0.717, 1.165) is 17.4 Å². The molecule has 2 aromatic carbocycles. The first kappa shape index (κ1) is 35.3. The van der Waals surface area contributed by atoms with Crippen molar-refractivity contribution in [1.82, 2.24) is 0 Å².